The van der Waals surface area contributed by atoms with Gasteiger partial charge in [-0.15, -0.1) is 5.10 Å². The number of rotatable bonds is 2. The first-order chi connectivity index (χ1) is 9.83. The predicted octanol–water partition coefficient (Wildman–Crippen LogP) is 3.23. The van der Waals surface area contributed by atoms with Crippen LogP contribution in [0.5, 0.6) is 0 Å². The van der Waals surface area contributed by atoms with E-state index in [2.05, 4.69) is 58.3 Å². The van der Waals surface area contributed by atoms with Crippen molar-refractivity contribution < 1.29 is 0 Å². The van der Waals surface area contributed by atoms with E-state index < -0.39 is 0 Å². The number of aryl methyl sites for hydroxylation is 2. The minimum Gasteiger partial charge on any atom is -0.256 e. The zero-order valence-electron chi connectivity index (χ0n) is 11.8. The summed E-state index contributed by atoms with van der Waals surface area (Å²) >= 11 is 0. The lowest BCUT2D eigenvalue weighted by Crippen LogP contribution is -1.86. The molecular formula is C16H18N4. The molecule has 0 unspecified atom stereocenters. The highest BCUT2D eigenvalue weighted by molar-refractivity contribution is 5.79. The zero-order valence-corrected chi connectivity index (χ0v) is 11.8. The third-order valence-electron chi connectivity index (χ3n) is 3.03. The highest BCUT2D eigenvalue weighted by atomic mass is 15.1. The Balaban J connectivity index is 0.000000205. The van der Waals surface area contributed by atoms with E-state index >= 15 is 0 Å². The lowest BCUT2D eigenvalue weighted by Gasteiger charge is -2.02. The first-order valence-electron chi connectivity index (χ1n) is 6.77. The molecule has 0 spiro atoms. The average molecular weight is 266 g/mol. The summed E-state index contributed by atoms with van der Waals surface area (Å²) in [6.45, 7) is 4.32. The quantitative estimate of drug-likeness (QED) is 0.714. The molecule has 0 N–H and O–H groups in total. The van der Waals surface area contributed by atoms with Crippen molar-refractivity contribution in [2.75, 3.05) is 0 Å². The number of nitrogens with zero attached hydrogens (tertiary/aromatic N) is 4. The molecule has 0 radical (unpaired) electrons. The van der Waals surface area contributed by atoms with E-state index in [4.69, 9.17) is 0 Å². The van der Waals surface area contributed by atoms with E-state index in [0.29, 0.717) is 0 Å². The molecule has 0 saturated carbocycles. The first-order valence-corrected chi connectivity index (χ1v) is 6.77. The number of fused-ring (bicyclic) bond motifs is 1. The van der Waals surface area contributed by atoms with Crippen LogP contribution in [0.25, 0.3) is 10.9 Å². The number of pyridine rings is 1. The molecule has 2 heterocycles. The molecule has 0 saturated heterocycles. The van der Waals surface area contributed by atoms with Gasteiger partial charge in [0.25, 0.3) is 0 Å². The Hall–Kier alpha value is -2.36. The molecule has 102 valence electrons. The van der Waals surface area contributed by atoms with E-state index in [1.54, 1.807) is 6.20 Å². The summed E-state index contributed by atoms with van der Waals surface area (Å²) in [6, 6.07) is 8.75. The van der Waals surface area contributed by atoms with Crippen LogP contribution >= 0.6 is 0 Å². The van der Waals surface area contributed by atoms with Crippen LogP contribution < -0.4 is 0 Å². The summed E-state index contributed by atoms with van der Waals surface area (Å²) in [5, 5.41) is 8.15. The summed E-state index contributed by atoms with van der Waals surface area (Å²) < 4.78 is 0. The number of hydrogen-bond donors (Lipinski definition) is 0. The summed E-state index contributed by atoms with van der Waals surface area (Å²) in [5.41, 5.74) is 3.78. The first kappa shape index (κ1) is 14.1. The Morgan fingerprint density at radius 2 is 1.75 bits per heavy atom. The van der Waals surface area contributed by atoms with E-state index in [-0.39, 0.29) is 0 Å². The van der Waals surface area contributed by atoms with E-state index in [1.165, 1.54) is 29.0 Å². The van der Waals surface area contributed by atoms with Crippen molar-refractivity contribution in [2.45, 2.75) is 26.7 Å². The molecule has 0 bridgehead atoms. The van der Waals surface area contributed by atoms with Crippen LogP contribution in [0.1, 0.15) is 25.0 Å². The van der Waals surface area contributed by atoms with Gasteiger partial charge in [-0.2, -0.15) is 5.10 Å². The van der Waals surface area contributed by atoms with Crippen LogP contribution in [0.4, 0.5) is 0 Å². The maximum atomic E-state index is 4.46. The third-order valence-corrected chi connectivity index (χ3v) is 3.03. The Bertz CT molecular complexity index is 583. The fourth-order valence-electron chi connectivity index (χ4n) is 1.83. The second-order valence-corrected chi connectivity index (χ2v) is 4.37. The fraction of sp³-hybridized carbons (Fsp3) is 0.250. The fourth-order valence-corrected chi connectivity index (χ4v) is 1.83. The molecular weight excluding hydrogens is 248 g/mol. The number of hydrogen-bond acceptors (Lipinski definition) is 4. The van der Waals surface area contributed by atoms with Crippen LogP contribution in [0, 0.1) is 0 Å². The van der Waals surface area contributed by atoms with Gasteiger partial charge in [-0.05, 0) is 36.1 Å². The van der Waals surface area contributed by atoms with Crippen molar-refractivity contribution >= 4 is 10.9 Å². The van der Waals surface area contributed by atoms with Crippen LogP contribution in [0.15, 0.2) is 49.2 Å². The Labute approximate surface area is 118 Å². The summed E-state index contributed by atoms with van der Waals surface area (Å²) in [5.74, 6) is 0. The molecule has 0 atom stereocenters. The lowest BCUT2D eigenvalue weighted by atomic mass is 10.1. The average Bonchev–Trinajstić information content (AvgIpc) is 2.56. The second kappa shape index (κ2) is 7.28. The van der Waals surface area contributed by atoms with Gasteiger partial charge in [0.1, 0.15) is 6.33 Å². The minimum atomic E-state index is 1.05. The highest BCUT2D eigenvalue weighted by Gasteiger charge is 1.97. The Morgan fingerprint density at radius 3 is 2.30 bits per heavy atom. The van der Waals surface area contributed by atoms with Crippen LogP contribution in [-0.4, -0.2) is 20.2 Å². The van der Waals surface area contributed by atoms with Gasteiger partial charge < -0.3 is 0 Å². The van der Waals surface area contributed by atoms with Crippen molar-refractivity contribution in [3.05, 3.63) is 60.3 Å². The van der Waals surface area contributed by atoms with Gasteiger partial charge >= 0.3 is 0 Å². The van der Waals surface area contributed by atoms with Gasteiger partial charge in [-0.1, -0.05) is 26.0 Å². The molecule has 0 amide bonds. The SMILES string of the molecule is CCc1cnc2cc(CC)ccc2c1.c1cnncn1. The third kappa shape index (κ3) is 3.82. The highest BCUT2D eigenvalue weighted by Crippen LogP contribution is 2.15. The van der Waals surface area contributed by atoms with Crippen molar-refractivity contribution in [2.24, 2.45) is 0 Å². The van der Waals surface area contributed by atoms with Gasteiger partial charge in [-0.3, -0.25) is 4.98 Å². The monoisotopic (exact) mass is 266 g/mol. The summed E-state index contributed by atoms with van der Waals surface area (Å²) in [4.78, 5) is 8.07. The summed E-state index contributed by atoms with van der Waals surface area (Å²) in [6.07, 6.45) is 8.60. The largest absolute Gasteiger partial charge is 0.256 e. The van der Waals surface area contributed by atoms with Crippen LogP contribution in [0.3, 0.4) is 0 Å². The molecule has 20 heavy (non-hydrogen) atoms. The van der Waals surface area contributed by atoms with E-state index in [1.807, 2.05) is 6.20 Å². The minimum absolute atomic E-state index is 1.05. The molecule has 4 nitrogen and oxygen atoms in total. The maximum Gasteiger partial charge on any atom is 0.138 e. The topological polar surface area (TPSA) is 51.6 Å². The normalized spacial score (nSPS) is 9.90. The maximum absolute atomic E-state index is 4.46. The Kier molecular flexibility index (Phi) is 5.12. The van der Waals surface area contributed by atoms with E-state index in [9.17, 15) is 0 Å². The van der Waals surface area contributed by atoms with Crippen molar-refractivity contribution in [1.29, 1.82) is 0 Å². The van der Waals surface area contributed by atoms with E-state index in [0.717, 1.165) is 18.4 Å². The van der Waals surface area contributed by atoms with Crippen LogP contribution in [-0.2, 0) is 12.8 Å². The van der Waals surface area contributed by atoms with Crippen molar-refractivity contribution in [1.82, 2.24) is 20.2 Å². The smallest absolute Gasteiger partial charge is 0.138 e. The number of benzene rings is 1. The van der Waals surface area contributed by atoms with Crippen LogP contribution in [0.2, 0.25) is 0 Å². The number of aromatic nitrogens is 4. The molecule has 4 heteroatoms. The molecule has 1 aromatic carbocycles. The lowest BCUT2D eigenvalue weighted by molar-refractivity contribution is 0.969. The molecule has 2 aromatic heterocycles. The van der Waals surface area contributed by atoms with Gasteiger partial charge in [-0.25, -0.2) is 4.98 Å². The molecule has 0 fully saturated rings. The Morgan fingerprint density at radius 1 is 0.900 bits per heavy atom. The standard InChI is InChI=1S/C13H15N.C3H3N3/c1-3-10-5-6-12-7-11(4-2)9-14-13(12)8-10;1-2-5-6-3-4-1/h5-9H,3-4H2,1-2H3;1-3H. The molecule has 0 aliphatic heterocycles. The molecule has 3 rings (SSSR count). The van der Waals surface area contributed by atoms with Crippen molar-refractivity contribution in [3.63, 3.8) is 0 Å². The second-order valence-electron chi connectivity index (χ2n) is 4.37. The van der Waals surface area contributed by atoms with Crippen molar-refractivity contribution in [3.8, 4) is 0 Å². The molecule has 0 aliphatic rings. The predicted molar refractivity (Wildman–Crippen MR) is 80.3 cm³/mol. The zero-order chi connectivity index (χ0) is 14.2. The van der Waals surface area contributed by atoms with Gasteiger partial charge in [0.2, 0.25) is 0 Å². The van der Waals surface area contributed by atoms with Gasteiger partial charge in [0, 0.05) is 17.8 Å². The van der Waals surface area contributed by atoms with Gasteiger partial charge in [0.05, 0.1) is 11.7 Å². The summed E-state index contributed by atoms with van der Waals surface area (Å²) in [7, 11) is 0. The van der Waals surface area contributed by atoms with Gasteiger partial charge in [0.15, 0.2) is 0 Å². The molecule has 0 aliphatic carbocycles. The molecule has 3 aromatic rings.